The quantitative estimate of drug-likeness (QED) is 0.508. The minimum absolute atomic E-state index is 0.195. The SMILES string of the molecule is CC(=O)OCCCC(F)(F)S(=O)(=O)CN(C)C. The van der Waals surface area contributed by atoms with Crippen molar-refractivity contribution >= 4 is 15.8 Å². The van der Waals surface area contributed by atoms with Gasteiger partial charge in [0, 0.05) is 13.3 Å². The topological polar surface area (TPSA) is 63.7 Å². The number of rotatable bonds is 7. The number of sulfone groups is 1. The smallest absolute Gasteiger partial charge is 0.347 e. The molecule has 0 aliphatic heterocycles. The summed E-state index contributed by atoms with van der Waals surface area (Å²) < 4.78 is 53.7. The third-order valence-electron chi connectivity index (χ3n) is 1.80. The molecule has 0 aromatic rings. The highest BCUT2D eigenvalue weighted by molar-refractivity contribution is 7.92. The van der Waals surface area contributed by atoms with E-state index in [-0.39, 0.29) is 13.0 Å². The molecule has 0 amide bonds. The van der Waals surface area contributed by atoms with E-state index >= 15 is 0 Å². The van der Waals surface area contributed by atoms with Crippen molar-refractivity contribution in [1.82, 2.24) is 4.90 Å². The van der Waals surface area contributed by atoms with Gasteiger partial charge in [-0.15, -0.1) is 0 Å². The molecule has 0 N–H and O–H groups in total. The summed E-state index contributed by atoms with van der Waals surface area (Å²) in [4.78, 5) is 11.5. The van der Waals surface area contributed by atoms with E-state index < -0.39 is 33.4 Å². The summed E-state index contributed by atoms with van der Waals surface area (Å²) >= 11 is 0. The van der Waals surface area contributed by atoms with Crippen molar-refractivity contribution in [2.45, 2.75) is 25.0 Å². The minimum Gasteiger partial charge on any atom is -0.466 e. The van der Waals surface area contributed by atoms with Gasteiger partial charge in [-0.1, -0.05) is 0 Å². The van der Waals surface area contributed by atoms with Gasteiger partial charge in [-0.3, -0.25) is 9.69 Å². The summed E-state index contributed by atoms with van der Waals surface area (Å²) in [5.41, 5.74) is 0. The Morgan fingerprint density at radius 2 is 1.88 bits per heavy atom. The van der Waals surface area contributed by atoms with Crippen molar-refractivity contribution in [1.29, 1.82) is 0 Å². The highest BCUT2D eigenvalue weighted by Crippen LogP contribution is 2.28. The largest absolute Gasteiger partial charge is 0.466 e. The molecule has 0 aliphatic carbocycles. The maximum atomic E-state index is 13.3. The van der Waals surface area contributed by atoms with Gasteiger partial charge in [0.1, 0.15) is 5.88 Å². The molecule has 5 nitrogen and oxygen atoms in total. The van der Waals surface area contributed by atoms with E-state index in [0.29, 0.717) is 0 Å². The Kier molecular flexibility index (Phi) is 5.97. The lowest BCUT2D eigenvalue weighted by Crippen LogP contribution is -2.36. The van der Waals surface area contributed by atoms with E-state index in [1.807, 2.05) is 0 Å². The molecule has 0 aromatic carbocycles. The van der Waals surface area contributed by atoms with Gasteiger partial charge in [-0.25, -0.2) is 8.42 Å². The molecule has 8 heteroatoms. The van der Waals surface area contributed by atoms with Gasteiger partial charge < -0.3 is 4.74 Å². The molecule has 0 saturated carbocycles. The molecule has 0 saturated heterocycles. The molecule has 0 fully saturated rings. The van der Waals surface area contributed by atoms with Crippen molar-refractivity contribution in [2.24, 2.45) is 0 Å². The second kappa shape index (κ2) is 6.25. The lowest BCUT2D eigenvalue weighted by molar-refractivity contribution is -0.141. The highest BCUT2D eigenvalue weighted by atomic mass is 32.2. The van der Waals surface area contributed by atoms with E-state index in [1.165, 1.54) is 14.1 Å². The third kappa shape index (κ3) is 5.92. The summed E-state index contributed by atoms with van der Waals surface area (Å²) in [7, 11) is -1.72. The number of halogens is 2. The number of esters is 1. The standard InChI is InChI=1S/C9H17F2NO4S/c1-8(13)16-6-4-5-9(10,11)17(14,15)7-12(2)3/h4-7H2,1-3H3. The van der Waals surface area contributed by atoms with E-state index in [2.05, 4.69) is 4.74 Å². The van der Waals surface area contributed by atoms with E-state index in [0.717, 1.165) is 11.8 Å². The zero-order chi connectivity index (χ0) is 13.7. The Hall–Kier alpha value is -0.760. The van der Waals surface area contributed by atoms with Gasteiger partial charge in [0.05, 0.1) is 6.61 Å². The van der Waals surface area contributed by atoms with Gasteiger partial charge in [0.15, 0.2) is 0 Å². The van der Waals surface area contributed by atoms with E-state index in [9.17, 15) is 22.0 Å². The number of carbonyl (C=O) groups excluding carboxylic acids is 1. The van der Waals surface area contributed by atoms with E-state index in [4.69, 9.17) is 0 Å². The maximum Gasteiger partial charge on any atom is 0.347 e. The first-order valence-electron chi connectivity index (χ1n) is 4.97. The lowest BCUT2D eigenvalue weighted by atomic mass is 10.3. The fourth-order valence-electron chi connectivity index (χ4n) is 1.08. The molecular formula is C9H17F2NO4S. The molecular weight excluding hydrogens is 256 g/mol. The molecule has 0 unspecified atom stereocenters. The van der Waals surface area contributed by atoms with Crippen LogP contribution in [0.5, 0.6) is 0 Å². The minimum atomic E-state index is -4.51. The number of ether oxygens (including phenoxy) is 1. The summed E-state index contributed by atoms with van der Waals surface area (Å²) in [6.45, 7) is 0.948. The van der Waals surface area contributed by atoms with Crippen LogP contribution in [-0.4, -0.2) is 51.1 Å². The van der Waals surface area contributed by atoms with Crippen LogP contribution in [0.25, 0.3) is 0 Å². The van der Waals surface area contributed by atoms with Crippen LogP contribution in [0.2, 0.25) is 0 Å². The monoisotopic (exact) mass is 273 g/mol. The number of hydrogen-bond acceptors (Lipinski definition) is 5. The summed E-state index contributed by atoms with van der Waals surface area (Å²) in [6, 6.07) is 0. The van der Waals surface area contributed by atoms with Crippen molar-refractivity contribution in [3.05, 3.63) is 0 Å². The fourth-order valence-corrected chi connectivity index (χ4v) is 2.41. The Bertz CT molecular complexity index is 354. The molecule has 0 rings (SSSR count). The van der Waals surface area contributed by atoms with E-state index in [1.54, 1.807) is 0 Å². The molecule has 0 radical (unpaired) electrons. The Labute approximate surface area is 99.7 Å². The summed E-state index contributed by atoms with van der Waals surface area (Å²) in [5.74, 6) is -1.29. The molecule has 0 spiro atoms. The van der Waals surface area contributed by atoms with Crippen LogP contribution < -0.4 is 0 Å². The normalized spacial score (nSPS) is 12.8. The van der Waals surface area contributed by atoms with Crippen LogP contribution in [0.15, 0.2) is 0 Å². The lowest BCUT2D eigenvalue weighted by Gasteiger charge is -2.19. The van der Waals surface area contributed by atoms with Gasteiger partial charge in [0.2, 0.25) is 9.84 Å². The summed E-state index contributed by atoms with van der Waals surface area (Å²) in [5, 5.41) is -3.79. The zero-order valence-electron chi connectivity index (χ0n) is 10.1. The van der Waals surface area contributed by atoms with Gasteiger partial charge in [0.25, 0.3) is 0 Å². The van der Waals surface area contributed by atoms with Crippen molar-refractivity contribution in [2.75, 3.05) is 26.6 Å². The molecule has 0 aliphatic rings. The first kappa shape index (κ1) is 16.2. The van der Waals surface area contributed by atoms with Crippen LogP contribution in [0.1, 0.15) is 19.8 Å². The van der Waals surface area contributed by atoms with Gasteiger partial charge in [-0.05, 0) is 20.5 Å². The molecule has 17 heavy (non-hydrogen) atoms. The average molecular weight is 273 g/mol. The summed E-state index contributed by atoms with van der Waals surface area (Å²) in [6.07, 6.45) is -1.05. The van der Waals surface area contributed by atoms with Crippen LogP contribution in [0.4, 0.5) is 8.78 Å². The van der Waals surface area contributed by atoms with Crippen LogP contribution in [0, 0.1) is 0 Å². The predicted molar refractivity (Wildman–Crippen MR) is 58.3 cm³/mol. The Morgan fingerprint density at radius 3 is 2.29 bits per heavy atom. The Morgan fingerprint density at radius 1 is 1.35 bits per heavy atom. The molecule has 0 atom stereocenters. The second-order valence-electron chi connectivity index (χ2n) is 3.90. The molecule has 0 heterocycles. The molecule has 102 valence electrons. The number of alkyl halides is 2. The fraction of sp³-hybridized carbons (Fsp3) is 0.889. The Balaban J connectivity index is 4.31. The average Bonchev–Trinajstić information content (AvgIpc) is 2.09. The number of carbonyl (C=O) groups is 1. The second-order valence-corrected chi connectivity index (χ2v) is 5.99. The van der Waals surface area contributed by atoms with Crippen LogP contribution in [-0.2, 0) is 19.4 Å². The first-order chi connectivity index (χ1) is 7.58. The molecule has 0 aromatic heterocycles. The highest BCUT2D eigenvalue weighted by Gasteiger charge is 2.44. The van der Waals surface area contributed by atoms with Gasteiger partial charge >= 0.3 is 11.2 Å². The number of nitrogens with zero attached hydrogens (tertiary/aromatic N) is 1. The van der Waals surface area contributed by atoms with Crippen molar-refractivity contribution < 1.29 is 26.7 Å². The maximum absolute atomic E-state index is 13.3. The predicted octanol–water partition coefficient (Wildman–Crippen LogP) is 0.856. The van der Waals surface area contributed by atoms with Crippen LogP contribution >= 0.6 is 0 Å². The van der Waals surface area contributed by atoms with Crippen molar-refractivity contribution in [3.63, 3.8) is 0 Å². The van der Waals surface area contributed by atoms with Crippen LogP contribution in [0.3, 0.4) is 0 Å². The molecule has 0 bridgehead atoms. The number of hydrogen-bond donors (Lipinski definition) is 0. The van der Waals surface area contributed by atoms with Gasteiger partial charge in [-0.2, -0.15) is 8.78 Å². The third-order valence-corrected chi connectivity index (χ3v) is 3.77. The zero-order valence-corrected chi connectivity index (χ0v) is 10.9. The van der Waals surface area contributed by atoms with Crippen molar-refractivity contribution in [3.8, 4) is 0 Å². The first-order valence-corrected chi connectivity index (χ1v) is 6.62.